The number of alkyl halides is 2. The minimum absolute atomic E-state index is 0.293. The summed E-state index contributed by atoms with van der Waals surface area (Å²) in [4.78, 5) is 22.4. The van der Waals surface area contributed by atoms with Crippen molar-refractivity contribution in [1.82, 2.24) is 0 Å². The van der Waals surface area contributed by atoms with Gasteiger partial charge in [0.15, 0.2) is 6.10 Å². The Bertz CT molecular complexity index is 331. The third-order valence-electron chi connectivity index (χ3n) is 3.37. The fourth-order valence-electron chi connectivity index (χ4n) is 1.79. The fraction of sp³-hybridized carbons (Fsp3) is 0.846. The molecule has 0 saturated carbocycles. The van der Waals surface area contributed by atoms with Gasteiger partial charge in [-0.15, -0.1) is 0 Å². The normalized spacial score (nSPS) is 16.5. The Morgan fingerprint density at radius 1 is 1.26 bits per heavy atom. The van der Waals surface area contributed by atoms with Gasteiger partial charge in [-0.25, -0.2) is 0 Å². The van der Waals surface area contributed by atoms with E-state index < -0.39 is 29.4 Å². The molecule has 4 nitrogen and oxygen atoms in total. The van der Waals surface area contributed by atoms with Crippen molar-refractivity contribution in [3.63, 3.8) is 0 Å². The number of rotatable bonds is 8. The van der Waals surface area contributed by atoms with Crippen LogP contribution in [-0.4, -0.2) is 24.0 Å². The van der Waals surface area contributed by atoms with Crippen LogP contribution in [-0.2, 0) is 14.3 Å². The van der Waals surface area contributed by atoms with Gasteiger partial charge in [-0.1, -0.05) is 27.2 Å². The van der Waals surface area contributed by atoms with Crippen LogP contribution in [0.3, 0.4) is 0 Å². The molecule has 0 bridgehead atoms. The second kappa shape index (κ2) is 6.82. The minimum atomic E-state index is -4.18. The highest BCUT2D eigenvalue weighted by molar-refractivity contribution is 5.78. The van der Waals surface area contributed by atoms with Crippen LogP contribution >= 0.6 is 0 Å². The van der Waals surface area contributed by atoms with Crippen molar-refractivity contribution in [2.24, 2.45) is 5.41 Å². The quantitative estimate of drug-likeness (QED) is 0.637. The molecule has 0 aliphatic rings. The smallest absolute Gasteiger partial charge is 0.323 e. The lowest BCUT2D eigenvalue weighted by Crippen LogP contribution is -2.52. The maximum absolute atomic E-state index is 13.3. The molecule has 112 valence electrons. The van der Waals surface area contributed by atoms with Crippen LogP contribution in [0.4, 0.5) is 8.78 Å². The molecule has 0 aliphatic heterocycles. The van der Waals surface area contributed by atoms with Crippen molar-refractivity contribution in [3.05, 3.63) is 0 Å². The first kappa shape index (κ1) is 17.8. The Kier molecular flexibility index (Phi) is 6.39. The van der Waals surface area contributed by atoms with E-state index >= 15 is 0 Å². The highest BCUT2D eigenvalue weighted by Gasteiger charge is 2.45. The summed E-state index contributed by atoms with van der Waals surface area (Å²) in [5.41, 5.74) is -0.871. The molecule has 0 spiro atoms. The number of aliphatic carboxylic acids is 1. The number of ether oxygens (including phenoxy) is 1. The molecule has 2 unspecified atom stereocenters. The van der Waals surface area contributed by atoms with E-state index in [0.29, 0.717) is 19.3 Å². The highest BCUT2D eigenvalue weighted by atomic mass is 19.3. The minimum Gasteiger partial charge on any atom is -0.544 e. The lowest BCUT2D eigenvalue weighted by molar-refractivity contribution is -0.336. The van der Waals surface area contributed by atoms with Gasteiger partial charge in [0.25, 0.3) is 0 Å². The second-order valence-corrected chi connectivity index (χ2v) is 4.88. The number of carbonyl (C=O) groups excluding carboxylic acids is 2. The van der Waals surface area contributed by atoms with Gasteiger partial charge in [0.1, 0.15) is 5.97 Å². The van der Waals surface area contributed by atoms with E-state index in [-0.39, 0.29) is 6.42 Å². The van der Waals surface area contributed by atoms with Crippen molar-refractivity contribution >= 4 is 11.9 Å². The van der Waals surface area contributed by atoms with Crippen LogP contribution in [0.1, 0.15) is 53.4 Å². The molecule has 0 aromatic carbocycles. The molecular formula is C13H21F2O4-. The summed E-state index contributed by atoms with van der Waals surface area (Å²) in [5, 5.41) is 10.4. The first-order valence-electron chi connectivity index (χ1n) is 6.46. The molecule has 0 aliphatic carbocycles. The van der Waals surface area contributed by atoms with Crippen molar-refractivity contribution in [1.29, 1.82) is 0 Å². The van der Waals surface area contributed by atoms with Crippen LogP contribution in [0.15, 0.2) is 0 Å². The molecule has 0 aromatic rings. The van der Waals surface area contributed by atoms with Gasteiger partial charge >= 0.3 is 11.9 Å². The summed E-state index contributed by atoms with van der Waals surface area (Å²) < 4.78 is 31.3. The molecule has 0 rings (SSSR count). The number of hydrogen-bond donors (Lipinski definition) is 0. The Balaban J connectivity index is 4.99. The SMILES string of the molecule is CCCC(C)(CC)C(=O)OC(CC)C(F)(F)C(=O)[O-]. The standard InChI is InChI=1S/C13H22F2O4/c1-5-8-12(4,7-3)11(18)19-9(6-2)13(14,15)10(16)17/h9H,5-8H2,1-4H3,(H,16,17)/p-1. The molecular weight excluding hydrogens is 258 g/mol. The average Bonchev–Trinajstić information content (AvgIpc) is 2.35. The number of carbonyl (C=O) groups is 2. The van der Waals surface area contributed by atoms with Crippen LogP contribution < -0.4 is 5.11 Å². The van der Waals surface area contributed by atoms with E-state index in [9.17, 15) is 23.5 Å². The third kappa shape index (κ3) is 4.14. The number of carboxylic acids is 1. The van der Waals surface area contributed by atoms with Crippen LogP contribution in [0.5, 0.6) is 0 Å². The molecule has 6 heteroatoms. The highest BCUT2D eigenvalue weighted by Crippen LogP contribution is 2.32. The molecule has 0 heterocycles. The molecule has 0 N–H and O–H groups in total. The Morgan fingerprint density at radius 2 is 1.79 bits per heavy atom. The molecule has 0 aromatic heterocycles. The summed E-state index contributed by atoms with van der Waals surface area (Å²) in [6.07, 6.45) is -0.651. The number of hydrogen-bond acceptors (Lipinski definition) is 4. The van der Waals surface area contributed by atoms with E-state index in [1.807, 2.05) is 6.92 Å². The van der Waals surface area contributed by atoms with Crippen molar-refractivity contribution in [2.75, 3.05) is 0 Å². The van der Waals surface area contributed by atoms with Crippen molar-refractivity contribution < 1.29 is 28.2 Å². The first-order chi connectivity index (χ1) is 8.65. The van der Waals surface area contributed by atoms with E-state index in [1.165, 1.54) is 6.92 Å². The van der Waals surface area contributed by atoms with E-state index in [2.05, 4.69) is 0 Å². The van der Waals surface area contributed by atoms with E-state index in [4.69, 9.17) is 4.74 Å². The largest absolute Gasteiger partial charge is 0.544 e. The molecule has 0 saturated heterocycles. The second-order valence-electron chi connectivity index (χ2n) is 4.88. The molecule has 0 radical (unpaired) electrons. The number of carboxylic acid groups (broad SMARTS) is 1. The van der Waals surface area contributed by atoms with Gasteiger partial charge in [-0.3, -0.25) is 4.79 Å². The van der Waals surface area contributed by atoms with Gasteiger partial charge in [-0.05, 0) is 26.2 Å². The first-order valence-corrected chi connectivity index (χ1v) is 6.46. The van der Waals surface area contributed by atoms with Gasteiger partial charge in [0, 0.05) is 0 Å². The maximum atomic E-state index is 13.3. The van der Waals surface area contributed by atoms with Crippen molar-refractivity contribution in [2.45, 2.75) is 65.4 Å². The predicted octanol–water partition coefficient (Wildman–Crippen LogP) is 1.91. The molecule has 0 fully saturated rings. The zero-order valence-corrected chi connectivity index (χ0v) is 11.8. The van der Waals surface area contributed by atoms with Gasteiger partial charge < -0.3 is 14.6 Å². The third-order valence-corrected chi connectivity index (χ3v) is 3.37. The van der Waals surface area contributed by atoms with Gasteiger partial charge in [0.05, 0.1) is 5.41 Å². The average molecular weight is 279 g/mol. The maximum Gasteiger partial charge on any atom is 0.323 e. The van der Waals surface area contributed by atoms with Gasteiger partial charge in [0.2, 0.25) is 0 Å². The molecule has 0 amide bonds. The Hall–Kier alpha value is -1.20. The topological polar surface area (TPSA) is 66.4 Å². The Labute approximate surface area is 112 Å². The summed E-state index contributed by atoms with van der Waals surface area (Å²) in [7, 11) is 0. The predicted molar refractivity (Wildman–Crippen MR) is 63.4 cm³/mol. The zero-order valence-electron chi connectivity index (χ0n) is 11.8. The van der Waals surface area contributed by atoms with E-state index in [1.54, 1.807) is 13.8 Å². The lowest BCUT2D eigenvalue weighted by Gasteiger charge is -2.31. The fourth-order valence-corrected chi connectivity index (χ4v) is 1.79. The van der Waals surface area contributed by atoms with Gasteiger partial charge in [-0.2, -0.15) is 8.78 Å². The Morgan fingerprint density at radius 3 is 2.11 bits per heavy atom. The number of esters is 1. The van der Waals surface area contributed by atoms with Crippen molar-refractivity contribution in [3.8, 4) is 0 Å². The van der Waals surface area contributed by atoms with Crippen LogP contribution in [0, 0.1) is 5.41 Å². The summed E-state index contributed by atoms with van der Waals surface area (Å²) in [5.74, 6) is -7.49. The molecule has 19 heavy (non-hydrogen) atoms. The molecule has 2 atom stereocenters. The monoisotopic (exact) mass is 279 g/mol. The number of halogens is 2. The van der Waals surface area contributed by atoms with Crippen LogP contribution in [0.25, 0.3) is 0 Å². The lowest BCUT2D eigenvalue weighted by atomic mass is 9.83. The summed E-state index contributed by atoms with van der Waals surface area (Å²) in [6, 6.07) is 0. The van der Waals surface area contributed by atoms with Crippen LogP contribution in [0.2, 0.25) is 0 Å². The van der Waals surface area contributed by atoms with E-state index in [0.717, 1.165) is 0 Å². The zero-order chi connectivity index (χ0) is 15.3. The summed E-state index contributed by atoms with van der Waals surface area (Å²) in [6.45, 7) is 6.59. The summed E-state index contributed by atoms with van der Waals surface area (Å²) >= 11 is 0.